The Bertz CT molecular complexity index is 295. The Morgan fingerprint density at radius 2 is 2.31 bits per heavy atom. The first kappa shape index (κ1) is 13.0. The molecule has 0 aromatic heterocycles. The van der Waals surface area contributed by atoms with Crippen LogP contribution in [0, 0.1) is 5.41 Å². The molecule has 0 saturated carbocycles. The van der Waals surface area contributed by atoms with Gasteiger partial charge in [0.1, 0.15) is 12.0 Å². The standard InChI is InChI=1S/C12H22N2O2/c1-6-9(2)14-11(15-5)12(3,4)10-13-7-8-16-10/h9H,6-8H2,1-5H3/t9-/m1/s1. The first-order chi connectivity index (χ1) is 7.52. The van der Waals surface area contributed by atoms with E-state index in [1.165, 1.54) is 0 Å². The number of nitrogens with zero attached hydrogens (tertiary/aromatic N) is 2. The maximum absolute atomic E-state index is 5.50. The van der Waals surface area contributed by atoms with Crippen molar-refractivity contribution in [3.05, 3.63) is 0 Å². The van der Waals surface area contributed by atoms with Crippen LogP contribution in [0.25, 0.3) is 0 Å². The minimum absolute atomic E-state index is 0.260. The van der Waals surface area contributed by atoms with E-state index in [2.05, 4.69) is 23.8 Å². The zero-order valence-electron chi connectivity index (χ0n) is 10.9. The largest absolute Gasteiger partial charge is 0.484 e. The van der Waals surface area contributed by atoms with Crippen LogP contribution in [-0.2, 0) is 9.47 Å². The molecule has 0 N–H and O–H groups in total. The Balaban J connectivity index is 2.89. The molecule has 4 nitrogen and oxygen atoms in total. The van der Waals surface area contributed by atoms with Crippen LogP contribution in [0.4, 0.5) is 0 Å². The van der Waals surface area contributed by atoms with Crippen LogP contribution in [0.3, 0.4) is 0 Å². The van der Waals surface area contributed by atoms with Gasteiger partial charge in [-0.1, -0.05) is 6.92 Å². The lowest BCUT2D eigenvalue weighted by molar-refractivity contribution is 0.291. The van der Waals surface area contributed by atoms with Crippen LogP contribution >= 0.6 is 0 Å². The monoisotopic (exact) mass is 226 g/mol. The van der Waals surface area contributed by atoms with Crippen molar-refractivity contribution in [3.63, 3.8) is 0 Å². The van der Waals surface area contributed by atoms with Crippen LogP contribution in [0.1, 0.15) is 34.1 Å². The third-order valence-electron chi connectivity index (χ3n) is 2.78. The molecule has 1 rings (SSSR count). The Morgan fingerprint density at radius 1 is 1.62 bits per heavy atom. The van der Waals surface area contributed by atoms with E-state index in [0.717, 1.165) is 18.9 Å². The lowest BCUT2D eigenvalue weighted by atomic mass is 9.92. The highest BCUT2D eigenvalue weighted by Gasteiger charge is 2.36. The van der Waals surface area contributed by atoms with Crippen LogP contribution in [0.5, 0.6) is 0 Å². The summed E-state index contributed by atoms with van der Waals surface area (Å²) in [5.41, 5.74) is -0.366. The molecule has 0 amide bonds. The second-order valence-corrected chi connectivity index (χ2v) is 4.56. The van der Waals surface area contributed by atoms with Gasteiger partial charge in [0, 0.05) is 0 Å². The molecule has 1 heterocycles. The van der Waals surface area contributed by atoms with Gasteiger partial charge in [0.25, 0.3) is 0 Å². The lowest BCUT2D eigenvalue weighted by Gasteiger charge is -2.25. The van der Waals surface area contributed by atoms with Gasteiger partial charge in [0.2, 0.25) is 0 Å². The van der Waals surface area contributed by atoms with Crippen molar-refractivity contribution < 1.29 is 9.47 Å². The van der Waals surface area contributed by atoms with E-state index in [4.69, 9.17) is 9.47 Å². The molecule has 0 aromatic carbocycles. The van der Waals surface area contributed by atoms with E-state index in [0.29, 0.717) is 12.5 Å². The molecule has 0 fully saturated rings. The summed E-state index contributed by atoms with van der Waals surface area (Å²) in [4.78, 5) is 8.91. The topological polar surface area (TPSA) is 43.2 Å². The first-order valence-electron chi connectivity index (χ1n) is 5.82. The number of ether oxygens (including phenoxy) is 2. The average molecular weight is 226 g/mol. The highest BCUT2D eigenvalue weighted by Crippen LogP contribution is 2.24. The van der Waals surface area contributed by atoms with Crippen LogP contribution in [0.2, 0.25) is 0 Å². The number of hydrogen-bond donors (Lipinski definition) is 0. The minimum Gasteiger partial charge on any atom is -0.484 e. The molecule has 0 aromatic rings. The maximum atomic E-state index is 5.50. The van der Waals surface area contributed by atoms with E-state index in [1.807, 2.05) is 13.8 Å². The fraction of sp³-hybridized carbons (Fsp3) is 0.833. The van der Waals surface area contributed by atoms with Gasteiger partial charge in [-0.25, -0.2) is 0 Å². The number of methoxy groups -OCH3 is 1. The predicted molar refractivity (Wildman–Crippen MR) is 66.2 cm³/mol. The molecular formula is C12H22N2O2. The van der Waals surface area contributed by atoms with Crippen LogP contribution in [0.15, 0.2) is 9.98 Å². The van der Waals surface area contributed by atoms with E-state index in [-0.39, 0.29) is 11.5 Å². The lowest BCUT2D eigenvalue weighted by Crippen LogP contribution is -2.35. The molecule has 0 radical (unpaired) electrons. The van der Waals surface area contributed by atoms with Gasteiger partial charge >= 0.3 is 0 Å². The van der Waals surface area contributed by atoms with Gasteiger partial charge in [-0.15, -0.1) is 0 Å². The molecule has 0 spiro atoms. The number of aliphatic imine (C=N–C) groups is 2. The predicted octanol–water partition coefficient (Wildman–Crippen LogP) is 2.28. The van der Waals surface area contributed by atoms with Crippen molar-refractivity contribution in [1.29, 1.82) is 0 Å². The second-order valence-electron chi connectivity index (χ2n) is 4.56. The molecule has 1 aliphatic heterocycles. The summed E-state index contributed by atoms with van der Waals surface area (Å²) in [6.07, 6.45) is 0.996. The molecule has 4 heteroatoms. The van der Waals surface area contributed by atoms with Gasteiger partial charge in [-0.2, -0.15) is 0 Å². The molecule has 0 aliphatic carbocycles. The molecular weight excluding hydrogens is 204 g/mol. The van der Waals surface area contributed by atoms with Crippen molar-refractivity contribution in [2.45, 2.75) is 40.2 Å². The molecule has 1 atom stereocenters. The van der Waals surface area contributed by atoms with E-state index >= 15 is 0 Å². The van der Waals surface area contributed by atoms with Gasteiger partial charge in [-0.3, -0.25) is 9.98 Å². The Hall–Kier alpha value is -1.06. The van der Waals surface area contributed by atoms with E-state index in [1.54, 1.807) is 7.11 Å². The van der Waals surface area contributed by atoms with Gasteiger partial charge in [0.15, 0.2) is 11.8 Å². The van der Waals surface area contributed by atoms with Crippen LogP contribution in [-0.4, -0.2) is 38.1 Å². The maximum Gasteiger partial charge on any atom is 0.198 e. The van der Waals surface area contributed by atoms with E-state index < -0.39 is 0 Å². The summed E-state index contributed by atoms with van der Waals surface area (Å²) < 4.78 is 10.9. The normalized spacial score (nSPS) is 19.1. The molecule has 0 saturated heterocycles. The summed E-state index contributed by atoms with van der Waals surface area (Å²) in [5.74, 6) is 1.43. The zero-order chi connectivity index (χ0) is 12.2. The summed E-state index contributed by atoms with van der Waals surface area (Å²) in [6, 6.07) is 0.260. The number of rotatable bonds is 4. The SMILES string of the molecule is CC[C@@H](C)N=C(OC)C(C)(C)C1=NCCO1. The Labute approximate surface area is 97.8 Å². The van der Waals surface area contributed by atoms with Crippen molar-refractivity contribution in [3.8, 4) is 0 Å². The zero-order valence-corrected chi connectivity index (χ0v) is 10.9. The van der Waals surface area contributed by atoms with Gasteiger partial charge in [-0.05, 0) is 27.2 Å². The third-order valence-corrected chi connectivity index (χ3v) is 2.78. The summed E-state index contributed by atoms with van der Waals surface area (Å²) in [7, 11) is 1.65. The van der Waals surface area contributed by atoms with E-state index in [9.17, 15) is 0 Å². The van der Waals surface area contributed by atoms with Crippen molar-refractivity contribution in [1.82, 2.24) is 0 Å². The minimum atomic E-state index is -0.366. The molecule has 1 aliphatic rings. The van der Waals surface area contributed by atoms with Gasteiger partial charge < -0.3 is 9.47 Å². The summed E-state index contributed by atoms with van der Waals surface area (Å²) in [5, 5.41) is 0. The van der Waals surface area contributed by atoms with Gasteiger partial charge in [0.05, 0.1) is 19.7 Å². The molecule has 0 unspecified atom stereocenters. The smallest absolute Gasteiger partial charge is 0.198 e. The average Bonchev–Trinajstić information content (AvgIpc) is 2.78. The van der Waals surface area contributed by atoms with Crippen molar-refractivity contribution >= 4 is 11.8 Å². The summed E-state index contributed by atoms with van der Waals surface area (Å²) >= 11 is 0. The fourth-order valence-corrected chi connectivity index (χ4v) is 1.57. The van der Waals surface area contributed by atoms with Crippen molar-refractivity contribution in [2.24, 2.45) is 15.4 Å². The Kier molecular flexibility index (Phi) is 4.33. The second kappa shape index (κ2) is 5.32. The highest BCUT2D eigenvalue weighted by molar-refractivity contribution is 6.04. The quantitative estimate of drug-likeness (QED) is 0.545. The third kappa shape index (κ3) is 2.74. The molecule has 0 bridgehead atoms. The Morgan fingerprint density at radius 3 is 2.75 bits per heavy atom. The molecule has 92 valence electrons. The first-order valence-corrected chi connectivity index (χ1v) is 5.82. The fourth-order valence-electron chi connectivity index (χ4n) is 1.57. The van der Waals surface area contributed by atoms with Crippen LogP contribution < -0.4 is 0 Å². The van der Waals surface area contributed by atoms with Crippen molar-refractivity contribution in [2.75, 3.05) is 20.3 Å². The number of hydrogen-bond acceptors (Lipinski definition) is 4. The highest BCUT2D eigenvalue weighted by atomic mass is 16.5. The summed E-state index contributed by atoms with van der Waals surface area (Å²) in [6.45, 7) is 9.65. The molecule has 16 heavy (non-hydrogen) atoms.